The molecule has 3 aromatic rings. The molecule has 1 N–H and O–H groups in total. The molecule has 0 fully saturated rings. The number of nitrogens with one attached hydrogen (secondary N) is 1. The van der Waals surface area contributed by atoms with Gasteiger partial charge in [0.2, 0.25) is 0 Å². The van der Waals surface area contributed by atoms with E-state index in [1.165, 1.54) is 0 Å². The zero-order valence-electron chi connectivity index (χ0n) is 14.5. The Morgan fingerprint density at radius 2 is 1.96 bits per heavy atom. The van der Waals surface area contributed by atoms with Crippen LogP contribution >= 0.6 is 0 Å². The van der Waals surface area contributed by atoms with Crippen molar-refractivity contribution in [3.8, 4) is 0 Å². The second-order valence-electron chi connectivity index (χ2n) is 6.33. The molecular weight excluding hydrogens is 300 g/mol. The number of carbonyl (C=O) groups is 1. The Labute approximate surface area is 141 Å². The van der Waals surface area contributed by atoms with Gasteiger partial charge in [-0.1, -0.05) is 44.2 Å². The van der Waals surface area contributed by atoms with Gasteiger partial charge in [0.1, 0.15) is 0 Å². The molecule has 2 aromatic heterocycles. The van der Waals surface area contributed by atoms with E-state index in [4.69, 9.17) is 0 Å². The van der Waals surface area contributed by atoms with Gasteiger partial charge in [0.05, 0.1) is 16.6 Å². The van der Waals surface area contributed by atoms with Crippen LogP contribution in [-0.4, -0.2) is 20.7 Å². The number of carbonyl (C=O) groups excluding carboxylic acids is 1. The fourth-order valence-electron chi connectivity index (χ4n) is 2.81. The van der Waals surface area contributed by atoms with Gasteiger partial charge in [-0.15, -0.1) is 0 Å². The van der Waals surface area contributed by atoms with Crippen LogP contribution in [0.2, 0.25) is 0 Å². The van der Waals surface area contributed by atoms with Crippen LogP contribution in [0.3, 0.4) is 0 Å². The summed E-state index contributed by atoms with van der Waals surface area (Å²) >= 11 is 0. The molecule has 0 bridgehead atoms. The molecule has 0 radical (unpaired) electrons. The third-order valence-corrected chi connectivity index (χ3v) is 4.12. The molecule has 0 aliphatic rings. The van der Waals surface area contributed by atoms with Crippen molar-refractivity contribution in [1.29, 1.82) is 0 Å². The Kier molecular flexibility index (Phi) is 4.34. The second kappa shape index (κ2) is 6.43. The van der Waals surface area contributed by atoms with Gasteiger partial charge in [-0.25, -0.2) is 4.98 Å². The standard InChI is InChI=1S/C19H22N4O/c1-12(2)16-10-15(17-13(3)22-23(4)18(17)21-16)19(24)20-11-14-8-6-5-7-9-14/h5-10,12H,11H2,1-4H3,(H,20,24). The lowest BCUT2D eigenvalue weighted by Crippen LogP contribution is -2.23. The molecule has 0 aliphatic carbocycles. The van der Waals surface area contributed by atoms with E-state index >= 15 is 0 Å². The first-order valence-electron chi connectivity index (χ1n) is 8.13. The van der Waals surface area contributed by atoms with E-state index < -0.39 is 0 Å². The number of fused-ring (bicyclic) bond motifs is 1. The number of aryl methyl sites for hydroxylation is 2. The average Bonchev–Trinajstić information content (AvgIpc) is 2.87. The molecule has 0 atom stereocenters. The number of pyridine rings is 1. The topological polar surface area (TPSA) is 59.8 Å². The third-order valence-electron chi connectivity index (χ3n) is 4.12. The number of rotatable bonds is 4. The fraction of sp³-hybridized carbons (Fsp3) is 0.316. The number of hydrogen-bond acceptors (Lipinski definition) is 3. The Morgan fingerprint density at radius 3 is 2.62 bits per heavy atom. The van der Waals surface area contributed by atoms with Crippen molar-refractivity contribution in [2.45, 2.75) is 33.2 Å². The zero-order chi connectivity index (χ0) is 17.3. The molecule has 0 unspecified atom stereocenters. The average molecular weight is 322 g/mol. The van der Waals surface area contributed by atoms with Crippen LogP contribution in [0.15, 0.2) is 36.4 Å². The third kappa shape index (κ3) is 3.02. The molecule has 2 heterocycles. The Bertz CT molecular complexity index is 881. The van der Waals surface area contributed by atoms with E-state index in [0.29, 0.717) is 12.1 Å². The van der Waals surface area contributed by atoms with E-state index in [1.807, 2.05) is 50.4 Å². The van der Waals surface area contributed by atoms with Crippen LogP contribution in [0.4, 0.5) is 0 Å². The highest BCUT2D eigenvalue weighted by Crippen LogP contribution is 2.24. The van der Waals surface area contributed by atoms with Crippen molar-refractivity contribution < 1.29 is 4.79 Å². The van der Waals surface area contributed by atoms with Gasteiger partial charge >= 0.3 is 0 Å². The van der Waals surface area contributed by atoms with Crippen LogP contribution in [0, 0.1) is 6.92 Å². The van der Waals surface area contributed by atoms with Crippen LogP contribution in [0.5, 0.6) is 0 Å². The lowest BCUT2D eigenvalue weighted by atomic mass is 10.0. The first-order chi connectivity index (χ1) is 11.5. The lowest BCUT2D eigenvalue weighted by Gasteiger charge is -2.11. The number of hydrogen-bond donors (Lipinski definition) is 1. The van der Waals surface area contributed by atoms with Crippen molar-refractivity contribution >= 4 is 16.9 Å². The van der Waals surface area contributed by atoms with E-state index in [-0.39, 0.29) is 11.8 Å². The van der Waals surface area contributed by atoms with Gasteiger partial charge in [0.25, 0.3) is 5.91 Å². The molecule has 5 nitrogen and oxygen atoms in total. The molecule has 0 aliphatic heterocycles. The van der Waals surface area contributed by atoms with Crippen molar-refractivity contribution in [2.24, 2.45) is 7.05 Å². The van der Waals surface area contributed by atoms with Gasteiger partial charge in [-0.3, -0.25) is 9.48 Å². The van der Waals surface area contributed by atoms with E-state index in [0.717, 1.165) is 28.0 Å². The molecular formula is C19H22N4O. The smallest absolute Gasteiger partial charge is 0.252 e. The maximum absolute atomic E-state index is 12.8. The second-order valence-corrected chi connectivity index (χ2v) is 6.33. The zero-order valence-corrected chi connectivity index (χ0v) is 14.5. The summed E-state index contributed by atoms with van der Waals surface area (Å²) in [6.45, 7) is 6.55. The van der Waals surface area contributed by atoms with Crippen molar-refractivity contribution in [3.05, 3.63) is 58.9 Å². The highest BCUT2D eigenvalue weighted by Gasteiger charge is 2.19. The van der Waals surface area contributed by atoms with Crippen LogP contribution in [-0.2, 0) is 13.6 Å². The summed E-state index contributed by atoms with van der Waals surface area (Å²) in [6.07, 6.45) is 0. The molecule has 0 saturated heterocycles. The molecule has 0 saturated carbocycles. The van der Waals surface area contributed by atoms with Gasteiger partial charge in [0.15, 0.2) is 5.65 Å². The predicted octanol–water partition coefficient (Wildman–Crippen LogP) is 3.33. The molecule has 5 heteroatoms. The summed E-state index contributed by atoms with van der Waals surface area (Å²) in [5.74, 6) is 0.148. The maximum atomic E-state index is 12.8. The van der Waals surface area contributed by atoms with Gasteiger partial charge in [-0.2, -0.15) is 5.10 Å². The molecule has 0 spiro atoms. The number of aromatic nitrogens is 3. The summed E-state index contributed by atoms with van der Waals surface area (Å²) in [4.78, 5) is 17.5. The first kappa shape index (κ1) is 16.2. The monoisotopic (exact) mass is 322 g/mol. The summed E-state index contributed by atoms with van der Waals surface area (Å²) in [5, 5.41) is 8.26. The first-order valence-corrected chi connectivity index (χ1v) is 8.13. The largest absolute Gasteiger partial charge is 0.348 e. The lowest BCUT2D eigenvalue weighted by molar-refractivity contribution is 0.0952. The van der Waals surface area contributed by atoms with Crippen molar-refractivity contribution in [2.75, 3.05) is 0 Å². The molecule has 1 aromatic carbocycles. The minimum atomic E-state index is -0.0933. The van der Waals surface area contributed by atoms with Crippen LogP contribution in [0.25, 0.3) is 11.0 Å². The number of nitrogens with zero attached hydrogens (tertiary/aromatic N) is 3. The highest BCUT2D eigenvalue weighted by molar-refractivity contribution is 6.06. The van der Waals surface area contributed by atoms with Gasteiger partial charge < -0.3 is 5.32 Å². The molecule has 24 heavy (non-hydrogen) atoms. The van der Waals surface area contributed by atoms with Crippen molar-refractivity contribution in [1.82, 2.24) is 20.1 Å². The minimum absolute atomic E-state index is 0.0933. The van der Waals surface area contributed by atoms with Crippen LogP contribution in [0.1, 0.15) is 47.1 Å². The summed E-state index contributed by atoms with van der Waals surface area (Å²) in [6, 6.07) is 11.8. The Morgan fingerprint density at radius 1 is 1.25 bits per heavy atom. The van der Waals surface area contributed by atoms with Gasteiger partial charge in [-0.05, 0) is 24.5 Å². The van der Waals surface area contributed by atoms with E-state index in [2.05, 4.69) is 29.2 Å². The SMILES string of the molecule is Cc1nn(C)c2nc(C(C)C)cc(C(=O)NCc3ccccc3)c12. The molecule has 124 valence electrons. The normalized spacial score (nSPS) is 11.2. The predicted molar refractivity (Wildman–Crippen MR) is 94.9 cm³/mol. The highest BCUT2D eigenvalue weighted by atomic mass is 16.1. The molecule has 3 rings (SSSR count). The number of benzene rings is 1. The van der Waals surface area contributed by atoms with Gasteiger partial charge in [0, 0.05) is 19.3 Å². The summed E-state index contributed by atoms with van der Waals surface area (Å²) in [5.41, 5.74) is 4.19. The quantitative estimate of drug-likeness (QED) is 0.801. The fourth-order valence-corrected chi connectivity index (χ4v) is 2.81. The maximum Gasteiger partial charge on any atom is 0.252 e. The van der Waals surface area contributed by atoms with Crippen LogP contribution < -0.4 is 5.32 Å². The summed E-state index contributed by atoms with van der Waals surface area (Å²) in [7, 11) is 1.86. The van der Waals surface area contributed by atoms with E-state index in [1.54, 1.807) is 4.68 Å². The Hall–Kier alpha value is -2.69. The number of amides is 1. The molecule has 1 amide bonds. The Balaban J connectivity index is 1.99. The minimum Gasteiger partial charge on any atom is -0.348 e. The van der Waals surface area contributed by atoms with Crippen molar-refractivity contribution in [3.63, 3.8) is 0 Å². The van der Waals surface area contributed by atoms with E-state index in [9.17, 15) is 4.79 Å². The summed E-state index contributed by atoms with van der Waals surface area (Å²) < 4.78 is 1.74.